The van der Waals surface area contributed by atoms with E-state index in [0.717, 1.165) is 36.3 Å². The zero-order valence-electron chi connectivity index (χ0n) is 19.1. The van der Waals surface area contributed by atoms with Gasteiger partial charge in [0.05, 0.1) is 25.7 Å². The maximum absolute atomic E-state index is 13.6. The molecule has 6 nitrogen and oxygen atoms in total. The Labute approximate surface area is 189 Å². The van der Waals surface area contributed by atoms with Gasteiger partial charge in [0.2, 0.25) is 11.8 Å². The van der Waals surface area contributed by atoms with Crippen LogP contribution in [0.4, 0.5) is 5.69 Å². The molecule has 2 aliphatic rings. The van der Waals surface area contributed by atoms with Crippen molar-refractivity contribution >= 4 is 17.5 Å². The number of hydrogen-bond acceptors (Lipinski definition) is 4. The molecule has 4 rings (SSSR count). The lowest BCUT2D eigenvalue weighted by atomic mass is 9.75. The highest BCUT2D eigenvalue weighted by atomic mass is 16.5. The molecule has 0 radical (unpaired) electrons. The largest absolute Gasteiger partial charge is 0.497 e. The molecule has 1 N–H and O–H groups in total. The Morgan fingerprint density at radius 1 is 1.00 bits per heavy atom. The Balaban J connectivity index is 1.58. The van der Waals surface area contributed by atoms with Gasteiger partial charge in [-0.3, -0.25) is 9.59 Å². The fourth-order valence-electron chi connectivity index (χ4n) is 4.90. The van der Waals surface area contributed by atoms with Crippen molar-refractivity contribution in [3.05, 3.63) is 54.1 Å². The number of nitrogens with one attached hydrogen (secondary N) is 1. The number of ether oxygens (including phenoxy) is 2. The predicted octanol–water partition coefficient (Wildman–Crippen LogP) is 5.10. The summed E-state index contributed by atoms with van der Waals surface area (Å²) in [5.74, 6) is 1.49. The van der Waals surface area contributed by atoms with Gasteiger partial charge in [-0.05, 0) is 68.7 Å². The first-order chi connectivity index (χ1) is 15.4. The normalized spacial score (nSPS) is 19.9. The molecular formula is C26H32N2O4. The van der Waals surface area contributed by atoms with Crippen molar-refractivity contribution in [2.75, 3.05) is 12.4 Å². The number of carbonyl (C=O) groups excluding carboxylic acids is 2. The molecule has 32 heavy (non-hydrogen) atoms. The Hall–Kier alpha value is -3.02. The minimum Gasteiger partial charge on any atom is -0.497 e. The van der Waals surface area contributed by atoms with Crippen LogP contribution in [-0.4, -0.2) is 35.5 Å². The van der Waals surface area contributed by atoms with Crippen molar-refractivity contribution in [2.24, 2.45) is 0 Å². The second-order valence-electron chi connectivity index (χ2n) is 8.99. The van der Waals surface area contributed by atoms with Crippen LogP contribution in [0.15, 0.2) is 48.5 Å². The van der Waals surface area contributed by atoms with E-state index in [1.807, 2.05) is 67.3 Å². The second kappa shape index (κ2) is 9.23. The molecule has 170 valence electrons. The van der Waals surface area contributed by atoms with Gasteiger partial charge in [-0.25, -0.2) is 0 Å². The van der Waals surface area contributed by atoms with Gasteiger partial charge >= 0.3 is 0 Å². The number of carbonyl (C=O) groups is 2. The van der Waals surface area contributed by atoms with Gasteiger partial charge in [-0.1, -0.05) is 31.4 Å². The lowest BCUT2D eigenvalue weighted by Gasteiger charge is -2.54. The van der Waals surface area contributed by atoms with E-state index in [9.17, 15) is 9.59 Å². The summed E-state index contributed by atoms with van der Waals surface area (Å²) in [6.07, 6.45) is 4.88. The number of anilines is 1. The quantitative estimate of drug-likeness (QED) is 0.614. The van der Waals surface area contributed by atoms with Gasteiger partial charge in [0.25, 0.3) is 0 Å². The first kappa shape index (κ1) is 22.2. The van der Waals surface area contributed by atoms with E-state index in [-0.39, 0.29) is 24.0 Å². The van der Waals surface area contributed by atoms with Crippen LogP contribution in [0.5, 0.6) is 11.5 Å². The topological polar surface area (TPSA) is 67.9 Å². The molecule has 1 saturated heterocycles. The molecule has 1 saturated carbocycles. The number of hydrogen-bond donors (Lipinski definition) is 1. The van der Waals surface area contributed by atoms with Crippen LogP contribution in [0.1, 0.15) is 64.0 Å². The zero-order chi connectivity index (χ0) is 22.7. The van der Waals surface area contributed by atoms with Gasteiger partial charge in [-0.2, -0.15) is 0 Å². The maximum atomic E-state index is 13.6. The molecule has 0 unspecified atom stereocenters. The van der Waals surface area contributed by atoms with Crippen molar-refractivity contribution in [1.29, 1.82) is 0 Å². The molecule has 1 atom stereocenters. The average Bonchev–Trinajstić information content (AvgIpc) is 2.79. The summed E-state index contributed by atoms with van der Waals surface area (Å²) in [4.78, 5) is 28.3. The van der Waals surface area contributed by atoms with E-state index in [1.165, 1.54) is 0 Å². The highest BCUT2D eigenvalue weighted by Gasteiger charge is 2.54. The SMILES string of the molecule is COc1ccc(NC(=O)C2(N3C(=O)C[C@H]3c3ccc(OC(C)C)cc3)CCCCC2)cc1. The molecule has 1 aliphatic heterocycles. The smallest absolute Gasteiger partial charge is 0.250 e. The van der Waals surface area contributed by atoms with Crippen LogP contribution in [-0.2, 0) is 9.59 Å². The summed E-state index contributed by atoms with van der Waals surface area (Å²) in [6.45, 7) is 3.99. The monoisotopic (exact) mass is 436 g/mol. The number of rotatable bonds is 7. The van der Waals surface area contributed by atoms with Crippen molar-refractivity contribution in [3.63, 3.8) is 0 Å². The van der Waals surface area contributed by atoms with E-state index in [2.05, 4.69) is 5.32 Å². The van der Waals surface area contributed by atoms with E-state index in [0.29, 0.717) is 24.9 Å². The average molecular weight is 437 g/mol. The predicted molar refractivity (Wildman–Crippen MR) is 124 cm³/mol. The summed E-state index contributed by atoms with van der Waals surface area (Å²) in [7, 11) is 1.61. The molecule has 2 fully saturated rings. The van der Waals surface area contributed by atoms with Crippen LogP contribution in [0.25, 0.3) is 0 Å². The van der Waals surface area contributed by atoms with Gasteiger partial charge in [-0.15, -0.1) is 0 Å². The molecule has 2 aromatic carbocycles. The number of benzene rings is 2. The Bertz CT molecular complexity index is 947. The van der Waals surface area contributed by atoms with Gasteiger partial charge < -0.3 is 19.7 Å². The molecule has 2 amide bonds. The standard InChI is InChI=1S/C26H32N2O4/c1-18(2)32-22-11-7-19(8-12-22)23-17-24(29)28(23)26(15-5-4-6-16-26)25(30)27-20-9-13-21(31-3)14-10-20/h7-14,18,23H,4-6,15-17H2,1-3H3,(H,27,30)/t23-/m0/s1. The molecule has 1 aliphatic carbocycles. The molecule has 0 bridgehead atoms. The number of nitrogens with zero attached hydrogens (tertiary/aromatic N) is 1. The molecule has 0 spiro atoms. The molecule has 6 heteroatoms. The van der Waals surface area contributed by atoms with Crippen LogP contribution < -0.4 is 14.8 Å². The van der Waals surface area contributed by atoms with Crippen molar-refractivity contribution in [2.45, 2.75) is 70.1 Å². The van der Waals surface area contributed by atoms with Crippen molar-refractivity contribution in [3.8, 4) is 11.5 Å². The fourth-order valence-corrected chi connectivity index (χ4v) is 4.90. The lowest BCUT2D eigenvalue weighted by molar-refractivity contribution is -0.166. The highest BCUT2D eigenvalue weighted by molar-refractivity contribution is 6.02. The van der Waals surface area contributed by atoms with Crippen LogP contribution in [0.3, 0.4) is 0 Å². The summed E-state index contributed by atoms with van der Waals surface area (Å²) in [6, 6.07) is 15.1. The third-order valence-corrected chi connectivity index (χ3v) is 6.50. The Kier molecular flexibility index (Phi) is 6.40. The van der Waals surface area contributed by atoms with Crippen LogP contribution >= 0.6 is 0 Å². The van der Waals surface area contributed by atoms with Crippen molar-refractivity contribution in [1.82, 2.24) is 4.90 Å². The first-order valence-corrected chi connectivity index (χ1v) is 11.5. The van der Waals surface area contributed by atoms with E-state index in [4.69, 9.17) is 9.47 Å². The number of likely N-dealkylation sites (tertiary alicyclic amines) is 1. The van der Waals surface area contributed by atoms with Gasteiger partial charge in [0, 0.05) is 5.69 Å². The molecular weight excluding hydrogens is 404 g/mol. The minimum atomic E-state index is -0.814. The summed E-state index contributed by atoms with van der Waals surface area (Å²) < 4.78 is 11.0. The Morgan fingerprint density at radius 2 is 1.62 bits per heavy atom. The second-order valence-corrected chi connectivity index (χ2v) is 8.99. The van der Waals surface area contributed by atoms with Crippen molar-refractivity contribution < 1.29 is 19.1 Å². The summed E-state index contributed by atoms with van der Waals surface area (Å²) >= 11 is 0. The maximum Gasteiger partial charge on any atom is 0.250 e. The first-order valence-electron chi connectivity index (χ1n) is 11.5. The number of amides is 2. The fraction of sp³-hybridized carbons (Fsp3) is 0.462. The number of β-lactam (4-membered cyclic amide) rings is 1. The third kappa shape index (κ3) is 4.31. The van der Waals surface area contributed by atoms with E-state index in [1.54, 1.807) is 7.11 Å². The van der Waals surface area contributed by atoms with E-state index < -0.39 is 5.54 Å². The van der Waals surface area contributed by atoms with Gasteiger partial charge in [0.15, 0.2) is 0 Å². The molecule has 2 aromatic rings. The lowest BCUT2D eigenvalue weighted by Crippen LogP contribution is -2.65. The van der Waals surface area contributed by atoms with Gasteiger partial charge in [0.1, 0.15) is 17.0 Å². The zero-order valence-corrected chi connectivity index (χ0v) is 19.1. The third-order valence-electron chi connectivity index (χ3n) is 6.50. The number of methoxy groups -OCH3 is 1. The highest BCUT2D eigenvalue weighted by Crippen LogP contribution is 2.47. The molecule has 0 aromatic heterocycles. The van der Waals surface area contributed by atoms with E-state index >= 15 is 0 Å². The van der Waals surface area contributed by atoms with Crippen LogP contribution in [0.2, 0.25) is 0 Å². The Morgan fingerprint density at radius 3 is 2.19 bits per heavy atom. The summed E-state index contributed by atoms with van der Waals surface area (Å²) in [5.41, 5.74) is 0.939. The van der Waals surface area contributed by atoms with Crippen LogP contribution in [0, 0.1) is 0 Å². The minimum absolute atomic E-state index is 0.0456. The summed E-state index contributed by atoms with van der Waals surface area (Å²) in [5, 5.41) is 3.07. The molecule has 1 heterocycles.